The lowest BCUT2D eigenvalue weighted by molar-refractivity contribution is -0.149. The predicted molar refractivity (Wildman–Crippen MR) is 148 cm³/mol. The van der Waals surface area contributed by atoms with Crippen LogP contribution in [-0.2, 0) is 33.8 Å². The van der Waals surface area contributed by atoms with Crippen molar-refractivity contribution in [3.8, 4) is 11.5 Å². The Labute approximate surface area is 230 Å². The van der Waals surface area contributed by atoms with E-state index in [2.05, 4.69) is 20.3 Å². The number of fused-ring (bicyclic) bond motifs is 2. The normalized spacial score (nSPS) is 13.6. The zero-order valence-electron chi connectivity index (χ0n) is 21.6. The number of nitrogens with zero attached hydrogens (tertiary/aromatic N) is 1. The van der Waals surface area contributed by atoms with Crippen molar-refractivity contribution in [2.45, 2.75) is 31.4 Å². The third-order valence-electron chi connectivity index (χ3n) is 7.02. The van der Waals surface area contributed by atoms with Gasteiger partial charge in [-0.25, -0.2) is 9.78 Å². The predicted octanol–water partition coefficient (Wildman–Crippen LogP) is 4.42. The largest absolute Gasteiger partial charge is 0.459 e. The number of carbonyl (C=O) groups is 2. The number of rotatable bonds is 10. The number of H-pyrrole nitrogens is 2. The van der Waals surface area contributed by atoms with Gasteiger partial charge >= 0.3 is 5.97 Å². The van der Waals surface area contributed by atoms with Gasteiger partial charge in [-0.15, -0.1) is 0 Å². The lowest BCUT2D eigenvalue weighted by Crippen LogP contribution is -2.45. The second kappa shape index (κ2) is 11.4. The Kier molecular flexibility index (Phi) is 7.17. The lowest BCUT2D eigenvalue weighted by Gasteiger charge is -2.22. The molecule has 0 aliphatic carbocycles. The van der Waals surface area contributed by atoms with Gasteiger partial charge < -0.3 is 29.5 Å². The molecule has 9 heteroatoms. The maximum Gasteiger partial charge on any atom is 0.329 e. The van der Waals surface area contributed by atoms with Crippen LogP contribution in [0.4, 0.5) is 0 Å². The fourth-order valence-electron chi connectivity index (χ4n) is 4.92. The average Bonchev–Trinajstić information content (AvgIpc) is 3.76. The fraction of sp³-hybridized carbons (Fsp3) is 0.194. The minimum Gasteiger partial charge on any atom is -0.459 e. The van der Waals surface area contributed by atoms with Crippen molar-refractivity contribution < 1.29 is 23.8 Å². The summed E-state index contributed by atoms with van der Waals surface area (Å²) < 4.78 is 16.7. The Morgan fingerprint density at radius 3 is 2.62 bits per heavy atom. The van der Waals surface area contributed by atoms with E-state index in [0.29, 0.717) is 17.9 Å². The van der Waals surface area contributed by atoms with Crippen molar-refractivity contribution in [2.24, 2.45) is 0 Å². The highest BCUT2D eigenvalue weighted by atomic mass is 16.7. The van der Waals surface area contributed by atoms with Crippen LogP contribution in [0.3, 0.4) is 0 Å². The standard InChI is InChI=1S/C31H28N4O5/c36-30(25(14-23-16-32-18-34-23)21-10-11-28-29(13-21)40-19-39-28)35-27(31(37)38-17-20-6-2-1-3-7-20)12-22-15-33-26-9-5-4-8-24(22)26/h1-11,13,15-16,18,25,27,33H,12,14,17,19H2,(H,32,34)(H,35,36)/t25?,27-/m0/s1. The summed E-state index contributed by atoms with van der Waals surface area (Å²) in [5.41, 5.74) is 4.26. The average molecular weight is 537 g/mol. The number of carbonyl (C=O) groups excluding carboxylic acids is 2. The molecule has 0 saturated carbocycles. The number of para-hydroxylation sites is 1. The van der Waals surface area contributed by atoms with E-state index in [1.807, 2.05) is 72.9 Å². The first-order chi connectivity index (χ1) is 19.6. The molecule has 3 N–H and O–H groups in total. The van der Waals surface area contributed by atoms with Crippen LogP contribution in [0.1, 0.15) is 28.3 Å². The third kappa shape index (κ3) is 5.54. The molecule has 0 saturated heterocycles. The van der Waals surface area contributed by atoms with Crippen molar-refractivity contribution in [2.75, 3.05) is 6.79 Å². The molecule has 1 amide bonds. The first kappa shape index (κ1) is 25.2. The van der Waals surface area contributed by atoms with Gasteiger partial charge in [0.2, 0.25) is 12.7 Å². The van der Waals surface area contributed by atoms with Crippen molar-refractivity contribution in [1.82, 2.24) is 20.3 Å². The molecule has 6 rings (SSSR count). The van der Waals surface area contributed by atoms with Crippen LogP contribution in [0.5, 0.6) is 11.5 Å². The molecule has 2 aromatic heterocycles. The number of nitrogens with one attached hydrogen (secondary N) is 3. The molecule has 3 aromatic carbocycles. The molecule has 202 valence electrons. The summed E-state index contributed by atoms with van der Waals surface area (Å²) in [4.78, 5) is 37.8. The quantitative estimate of drug-likeness (QED) is 0.228. The first-order valence-electron chi connectivity index (χ1n) is 13.1. The number of aromatic amines is 2. The molecule has 5 aromatic rings. The molecule has 0 fully saturated rings. The van der Waals surface area contributed by atoms with Gasteiger partial charge in [-0.05, 0) is 34.9 Å². The van der Waals surface area contributed by atoms with Gasteiger partial charge in [0.25, 0.3) is 0 Å². The number of esters is 1. The van der Waals surface area contributed by atoms with Gasteiger partial charge in [-0.3, -0.25) is 4.79 Å². The van der Waals surface area contributed by atoms with Crippen molar-refractivity contribution >= 4 is 22.8 Å². The molecule has 1 unspecified atom stereocenters. The van der Waals surface area contributed by atoms with Crippen LogP contribution in [-0.4, -0.2) is 39.7 Å². The lowest BCUT2D eigenvalue weighted by atomic mass is 9.92. The topological polar surface area (TPSA) is 118 Å². The van der Waals surface area contributed by atoms with Crippen LogP contribution in [0, 0.1) is 0 Å². The van der Waals surface area contributed by atoms with E-state index < -0.39 is 17.9 Å². The highest BCUT2D eigenvalue weighted by Crippen LogP contribution is 2.35. The van der Waals surface area contributed by atoms with Gasteiger partial charge in [0.05, 0.1) is 12.2 Å². The van der Waals surface area contributed by atoms with E-state index in [1.54, 1.807) is 18.6 Å². The second-order valence-corrected chi connectivity index (χ2v) is 9.66. The third-order valence-corrected chi connectivity index (χ3v) is 7.02. The number of hydrogen-bond acceptors (Lipinski definition) is 6. The van der Waals surface area contributed by atoms with Gasteiger partial charge in [0.15, 0.2) is 11.5 Å². The van der Waals surface area contributed by atoms with Crippen molar-refractivity contribution in [3.63, 3.8) is 0 Å². The maximum atomic E-state index is 13.9. The smallest absolute Gasteiger partial charge is 0.329 e. The minimum absolute atomic E-state index is 0.111. The number of hydrogen-bond donors (Lipinski definition) is 3. The summed E-state index contributed by atoms with van der Waals surface area (Å²) in [6.07, 6.45) is 5.75. The Hall–Kier alpha value is -5.05. The maximum absolute atomic E-state index is 13.9. The monoisotopic (exact) mass is 536 g/mol. The van der Waals surface area contributed by atoms with Crippen LogP contribution in [0.25, 0.3) is 10.9 Å². The Balaban J connectivity index is 1.27. The summed E-state index contributed by atoms with van der Waals surface area (Å²) >= 11 is 0. The molecule has 0 bridgehead atoms. The molecule has 0 radical (unpaired) electrons. The number of imidazole rings is 1. The molecule has 40 heavy (non-hydrogen) atoms. The van der Waals surface area contributed by atoms with Crippen LogP contribution >= 0.6 is 0 Å². The molecule has 1 aliphatic rings. The summed E-state index contributed by atoms with van der Waals surface area (Å²) in [5.74, 6) is -0.227. The van der Waals surface area contributed by atoms with Crippen molar-refractivity contribution in [3.05, 3.63) is 114 Å². The van der Waals surface area contributed by atoms with Crippen molar-refractivity contribution in [1.29, 1.82) is 0 Å². The van der Waals surface area contributed by atoms with Crippen LogP contribution in [0.15, 0.2) is 91.5 Å². The molecular formula is C31H28N4O5. The molecule has 2 atom stereocenters. The zero-order chi connectivity index (χ0) is 27.3. The summed E-state index contributed by atoms with van der Waals surface area (Å²) in [5, 5.41) is 3.99. The van der Waals surface area contributed by atoms with Gasteiger partial charge in [0.1, 0.15) is 12.6 Å². The van der Waals surface area contributed by atoms with Crippen LogP contribution in [0.2, 0.25) is 0 Å². The minimum atomic E-state index is -0.909. The fourth-order valence-corrected chi connectivity index (χ4v) is 4.92. The summed E-state index contributed by atoms with van der Waals surface area (Å²) in [6.45, 7) is 0.246. The van der Waals surface area contributed by atoms with E-state index >= 15 is 0 Å². The molecule has 3 heterocycles. The summed E-state index contributed by atoms with van der Waals surface area (Å²) in [7, 11) is 0. The molecule has 0 spiro atoms. The number of benzene rings is 3. The molecule has 9 nitrogen and oxygen atoms in total. The van der Waals surface area contributed by atoms with E-state index in [9.17, 15) is 9.59 Å². The van der Waals surface area contributed by atoms with E-state index in [-0.39, 0.29) is 25.7 Å². The molecular weight excluding hydrogens is 508 g/mol. The zero-order valence-corrected chi connectivity index (χ0v) is 21.6. The molecule has 1 aliphatic heterocycles. The van der Waals surface area contributed by atoms with E-state index in [4.69, 9.17) is 14.2 Å². The van der Waals surface area contributed by atoms with Crippen LogP contribution < -0.4 is 14.8 Å². The second-order valence-electron chi connectivity index (χ2n) is 9.66. The van der Waals surface area contributed by atoms with Gasteiger partial charge in [0, 0.05) is 41.8 Å². The highest BCUT2D eigenvalue weighted by molar-refractivity contribution is 5.90. The Bertz CT molecular complexity index is 1610. The number of amides is 1. The number of aromatic nitrogens is 3. The Morgan fingerprint density at radius 2 is 1.77 bits per heavy atom. The van der Waals surface area contributed by atoms with E-state index in [0.717, 1.165) is 33.3 Å². The highest BCUT2D eigenvalue weighted by Gasteiger charge is 2.30. The first-order valence-corrected chi connectivity index (χ1v) is 13.1. The SMILES string of the molecule is O=C(N[C@@H](Cc1c[nH]c2ccccc12)C(=O)OCc1ccccc1)C(Cc1cnc[nH]1)c1ccc2c(c1)OCO2. The van der Waals surface area contributed by atoms with E-state index in [1.165, 1.54) is 0 Å². The van der Waals surface area contributed by atoms with Gasteiger partial charge in [-0.1, -0.05) is 54.6 Å². The Morgan fingerprint density at radius 1 is 0.950 bits per heavy atom. The summed E-state index contributed by atoms with van der Waals surface area (Å²) in [6, 6.07) is 21.9. The number of ether oxygens (including phenoxy) is 3. The van der Waals surface area contributed by atoms with Gasteiger partial charge in [-0.2, -0.15) is 0 Å².